The molecular weight excluding hydrogens is 262 g/mol. The first-order valence-corrected chi connectivity index (χ1v) is 7.44. The second-order valence-electron chi connectivity index (χ2n) is 5.44. The molecule has 0 N–H and O–H groups in total. The Bertz CT molecular complexity index is 477. The van der Waals surface area contributed by atoms with Gasteiger partial charge in [0.1, 0.15) is 17.8 Å². The number of hydrogen-bond acceptors (Lipinski definition) is 5. The molecule has 104 valence electrons. The summed E-state index contributed by atoms with van der Waals surface area (Å²) in [4.78, 5) is 27.7. The van der Waals surface area contributed by atoms with Crippen molar-refractivity contribution in [3.8, 4) is 0 Å². The van der Waals surface area contributed by atoms with Gasteiger partial charge < -0.3 is 4.74 Å². The predicted molar refractivity (Wildman–Crippen MR) is 73.1 cm³/mol. The SMILES string of the molecule is Cc1nc(CCC2(C(C)C)CC(=O)CC(=O)O2)cs1. The van der Waals surface area contributed by atoms with Gasteiger partial charge in [0.15, 0.2) is 0 Å². The van der Waals surface area contributed by atoms with Gasteiger partial charge in [0, 0.05) is 11.8 Å². The minimum absolute atomic E-state index is 0.0144. The van der Waals surface area contributed by atoms with Crippen LogP contribution in [-0.2, 0) is 20.7 Å². The van der Waals surface area contributed by atoms with E-state index in [2.05, 4.69) is 4.98 Å². The average Bonchev–Trinajstić information content (AvgIpc) is 2.71. The van der Waals surface area contributed by atoms with E-state index in [1.54, 1.807) is 11.3 Å². The monoisotopic (exact) mass is 281 g/mol. The number of nitrogens with zero attached hydrogens (tertiary/aromatic N) is 1. The van der Waals surface area contributed by atoms with Crippen molar-refractivity contribution in [3.63, 3.8) is 0 Å². The third-order valence-electron chi connectivity index (χ3n) is 3.68. The zero-order valence-corrected chi connectivity index (χ0v) is 12.4. The molecule has 1 aliphatic rings. The molecule has 0 bridgehead atoms. The lowest BCUT2D eigenvalue weighted by Crippen LogP contribution is -2.47. The minimum atomic E-state index is -0.649. The fourth-order valence-corrected chi connectivity index (χ4v) is 3.12. The van der Waals surface area contributed by atoms with Gasteiger partial charge in [-0.15, -0.1) is 11.3 Å². The summed E-state index contributed by atoms with van der Waals surface area (Å²) >= 11 is 1.61. The Morgan fingerprint density at radius 1 is 1.47 bits per heavy atom. The average molecular weight is 281 g/mol. The molecule has 5 heteroatoms. The lowest BCUT2D eigenvalue weighted by molar-refractivity contribution is -0.177. The maximum absolute atomic E-state index is 11.7. The smallest absolute Gasteiger partial charge is 0.313 e. The molecule has 1 unspecified atom stereocenters. The van der Waals surface area contributed by atoms with Gasteiger partial charge in [-0.3, -0.25) is 9.59 Å². The zero-order chi connectivity index (χ0) is 14.0. The van der Waals surface area contributed by atoms with E-state index in [4.69, 9.17) is 4.74 Å². The van der Waals surface area contributed by atoms with Crippen LogP contribution in [0.2, 0.25) is 0 Å². The van der Waals surface area contributed by atoms with Gasteiger partial charge in [-0.1, -0.05) is 13.8 Å². The largest absolute Gasteiger partial charge is 0.458 e. The van der Waals surface area contributed by atoms with E-state index in [-0.39, 0.29) is 24.1 Å². The lowest BCUT2D eigenvalue weighted by atomic mass is 9.79. The number of hydrogen-bond donors (Lipinski definition) is 0. The van der Waals surface area contributed by atoms with Crippen molar-refractivity contribution < 1.29 is 14.3 Å². The summed E-state index contributed by atoms with van der Waals surface area (Å²) < 4.78 is 5.55. The normalized spacial score (nSPS) is 23.8. The summed E-state index contributed by atoms with van der Waals surface area (Å²) in [6.45, 7) is 5.97. The highest BCUT2D eigenvalue weighted by Gasteiger charge is 2.43. The Labute approximate surface area is 117 Å². The van der Waals surface area contributed by atoms with E-state index in [0.29, 0.717) is 12.8 Å². The highest BCUT2D eigenvalue weighted by molar-refractivity contribution is 7.09. The molecule has 1 aromatic heterocycles. The summed E-state index contributed by atoms with van der Waals surface area (Å²) in [6, 6.07) is 0. The summed E-state index contributed by atoms with van der Waals surface area (Å²) in [5.74, 6) is -0.278. The molecular formula is C14H19NO3S. The molecule has 2 heterocycles. The number of aryl methyl sites for hydroxylation is 2. The molecule has 1 aliphatic heterocycles. The van der Waals surface area contributed by atoms with Crippen molar-refractivity contribution in [2.75, 3.05) is 0 Å². The summed E-state index contributed by atoms with van der Waals surface area (Å²) in [5, 5.41) is 3.06. The third-order valence-corrected chi connectivity index (χ3v) is 4.50. The maximum atomic E-state index is 11.7. The van der Waals surface area contributed by atoms with Gasteiger partial charge in [-0.25, -0.2) is 4.98 Å². The molecule has 0 aliphatic carbocycles. The predicted octanol–water partition coefficient (Wildman–Crippen LogP) is 2.69. The van der Waals surface area contributed by atoms with Crippen LogP contribution < -0.4 is 0 Å². The maximum Gasteiger partial charge on any atom is 0.313 e. The molecule has 1 aromatic rings. The highest BCUT2D eigenvalue weighted by atomic mass is 32.1. The number of ketones is 1. The Hall–Kier alpha value is -1.23. The molecule has 19 heavy (non-hydrogen) atoms. The van der Waals surface area contributed by atoms with Crippen LogP contribution in [-0.4, -0.2) is 22.3 Å². The van der Waals surface area contributed by atoms with E-state index in [9.17, 15) is 9.59 Å². The number of thiazole rings is 1. The van der Waals surface area contributed by atoms with Gasteiger partial charge in [0.25, 0.3) is 0 Å². The molecule has 4 nitrogen and oxygen atoms in total. The number of Topliss-reactive ketones (excluding diaryl/α,β-unsaturated/α-hetero) is 1. The Morgan fingerprint density at radius 3 is 2.74 bits per heavy atom. The third kappa shape index (κ3) is 3.21. The van der Waals surface area contributed by atoms with Gasteiger partial charge in [-0.2, -0.15) is 0 Å². The minimum Gasteiger partial charge on any atom is -0.458 e. The summed E-state index contributed by atoms with van der Waals surface area (Å²) in [7, 11) is 0. The Balaban J connectivity index is 2.11. The van der Waals surface area contributed by atoms with E-state index < -0.39 is 5.60 Å². The van der Waals surface area contributed by atoms with Crippen molar-refractivity contribution >= 4 is 23.1 Å². The van der Waals surface area contributed by atoms with E-state index in [0.717, 1.165) is 17.1 Å². The molecule has 0 saturated carbocycles. The molecule has 0 radical (unpaired) electrons. The topological polar surface area (TPSA) is 56.3 Å². The first-order valence-electron chi connectivity index (χ1n) is 6.56. The molecule has 2 rings (SSSR count). The van der Waals surface area contributed by atoms with E-state index in [1.807, 2.05) is 26.2 Å². The number of cyclic esters (lactones) is 1. The zero-order valence-electron chi connectivity index (χ0n) is 11.6. The van der Waals surface area contributed by atoms with Crippen LogP contribution >= 0.6 is 11.3 Å². The molecule has 0 aromatic carbocycles. The fourth-order valence-electron chi connectivity index (χ4n) is 2.47. The number of rotatable bonds is 4. The number of carbonyl (C=O) groups is 2. The summed E-state index contributed by atoms with van der Waals surface area (Å²) in [6.07, 6.45) is 1.65. The highest BCUT2D eigenvalue weighted by Crippen LogP contribution is 2.35. The van der Waals surface area contributed by atoms with Crippen molar-refractivity contribution in [3.05, 3.63) is 16.1 Å². The van der Waals surface area contributed by atoms with Crippen molar-refractivity contribution in [2.24, 2.45) is 5.92 Å². The van der Waals surface area contributed by atoms with Gasteiger partial charge in [0.2, 0.25) is 0 Å². The standard InChI is InChI=1S/C14H19NO3S/c1-9(2)14(7-12(16)6-13(17)18-14)5-4-11-8-19-10(3)15-11/h8-9H,4-7H2,1-3H3. The van der Waals surface area contributed by atoms with Crippen LogP contribution in [0.3, 0.4) is 0 Å². The Kier molecular flexibility index (Phi) is 4.04. The van der Waals surface area contributed by atoms with Crippen LogP contribution in [0.5, 0.6) is 0 Å². The van der Waals surface area contributed by atoms with Crippen LogP contribution in [0.25, 0.3) is 0 Å². The van der Waals surface area contributed by atoms with E-state index in [1.165, 1.54) is 0 Å². The quantitative estimate of drug-likeness (QED) is 0.629. The van der Waals surface area contributed by atoms with Crippen molar-refractivity contribution in [2.45, 2.75) is 52.1 Å². The molecule has 1 saturated heterocycles. The fraction of sp³-hybridized carbons (Fsp3) is 0.643. The van der Waals surface area contributed by atoms with Gasteiger partial charge >= 0.3 is 5.97 Å². The van der Waals surface area contributed by atoms with Crippen LogP contribution in [0, 0.1) is 12.8 Å². The first kappa shape index (κ1) is 14.2. The van der Waals surface area contributed by atoms with Gasteiger partial charge in [0.05, 0.1) is 10.7 Å². The molecule has 1 atom stereocenters. The second kappa shape index (κ2) is 5.41. The second-order valence-corrected chi connectivity index (χ2v) is 6.51. The number of carbonyl (C=O) groups excluding carboxylic acids is 2. The summed E-state index contributed by atoms with van der Waals surface area (Å²) in [5.41, 5.74) is 0.362. The molecule has 0 amide bonds. The van der Waals surface area contributed by atoms with Crippen LogP contribution in [0.15, 0.2) is 5.38 Å². The van der Waals surface area contributed by atoms with Crippen molar-refractivity contribution in [1.29, 1.82) is 0 Å². The number of ether oxygens (including phenoxy) is 1. The van der Waals surface area contributed by atoms with E-state index >= 15 is 0 Å². The van der Waals surface area contributed by atoms with Crippen LogP contribution in [0.1, 0.15) is 43.8 Å². The van der Waals surface area contributed by atoms with Gasteiger partial charge in [-0.05, 0) is 25.7 Å². The lowest BCUT2D eigenvalue weighted by Gasteiger charge is -2.39. The molecule has 1 fully saturated rings. The Morgan fingerprint density at radius 2 is 2.21 bits per heavy atom. The van der Waals surface area contributed by atoms with Crippen LogP contribution in [0.4, 0.5) is 0 Å². The number of aromatic nitrogens is 1. The first-order chi connectivity index (χ1) is 8.91. The van der Waals surface area contributed by atoms with Crippen molar-refractivity contribution in [1.82, 2.24) is 4.98 Å². The number of esters is 1. The molecule has 0 spiro atoms.